The van der Waals surface area contributed by atoms with Gasteiger partial charge in [-0.25, -0.2) is 0 Å². The summed E-state index contributed by atoms with van der Waals surface area (Å²) in [5.74, 6) is 8.67. The van der Waals surface area contributed by atoms with E-state index in [0.717, 1.165) is 42.0 Å². The normalized spacial score (nSPS) is 17.7. The van der Waals surface area contributed by atoms with Gasteiger partial charge in [0.05, 0.1) is 23.3 Å². The van der Waals surface area contributed by atoms with E-state index in [1.54, 1.807) is 0 Å². The molecule has 5 N–H and O–H groups in total. The molecule has 6 nitrogen and oxygen atoms in total. The SMILES string of the molecule is Brc1cnc(-c2ccc(N3CCNCC3)cn2)cc1C1CCCC1.NN. The van der Waals surface area contributed by atoms with Crippen LogP contribution in [0.2, 0.25) is 0 Å². The van der Waals surface area contributed by atoms with Gasteiger partial charge in [-0.3, -0.25) is 21.7 Å². The molecule has 0 unspecified atom stereocenters. The Labute approximate surface area is 163 Å². The minimum Gasteiger partial charge on any atom is -0.368 e. The fraction of sp³-hybridized carbons (Fsp3) is 0.474. The summed E-state index contributed by atoms with van der Waals surface area (Å²) in [7, 11) is 0. The van der Waals surface area contributed by atoms with Crippen LogP contribution in [0.1, 0.15) is 37.2 Å². The molecule has 140 valence electrons. The van der Waals surface area contributed by atoms with Crippen molar-refractivity contribution in [2.45, 2.75) is 31.6 Å². The first-order valence-corrected chi connectivity index (χ1v) is 10.0. The Morgan fingerprint density at radius 2 is 1.69 bits per heavy atom. The Hall–Kier alpha value is -1.54. The molecular formula is C19H27BrN6. The van der Waals surface area contributed by atoms with Crippen molar-refractivity contribution in [3.8, 4) is 11.4 Å². The molecule has 0 bridgehead atoms. The Morgan fingerprint density at radius 1 is 1.00 bits per heavy atom. The summed E-state index contributed by atoms with van der Waals surface area (Å²) in [5, 5.41) is 3.38. The van der Waals surface area contributed by atoms with Crippen LogP contribution in [-0.2, 0) is 0 Å². The molecule has 1 aliphatic heterocycles. The minimum absolute atomic E-state index is 0.668. The van der Waals surface area contributed by atoms with E-state index in [2.05, 4.69) is 66.0 Å². The van der Waals surface area contributed by atoms with Crippen molar-refractivity contribution in [2.75, 3.05) is 31.1 Å². The summed E-state index contributed by atoms with van der Waals surface area (Å²) in [4.78, 5) is 11.7. The third-order valence-corrected chi connectivity index (χ3v) is 5.84. The number of nitrogens with one attached hydrogen (secondary N) is 1. The van der Waals surface area contributed by atoms with Gasteiger partial charge >= 0.3 is 0 Å². The van der Waals surface area contributed by atoms with E-state index in [-0.39, 0.29) is 0 Å². The van der Waals surface area contributed by atoms with Crippen LogP contribution in [0.3, 0.4) is 0 Å². The maximum absolute atomic E-state index is 4.68. The van der Waals surface area contributed by atoms with Crippen LogP contribution in [0.4, 0.5) is 5.69 Å². The van der Waals surface area contributed by atoms with Crippen molar-refractivity contribution in [3.63, 3.8) is 0 Å². The number of hydrazine groups is 1. The average molecular weight is 419 g/mol. The highest BCUT2D eigenvalue weighted by molar-refractivity contribution is 9.10. The Balaban J connectivity index is 0.000000948. The Kier molecular flexibility index (Phi) is 6.96. The highest BCUT2D eigenvalue weighted by Gasteiger charge is 2.20. The molecule has 3 heterocycles. The van der Waals surface area contributed by atoms with Crippen molar-refractivity contribution >= 4 is 21.6 Å². The number of hydrogen-bond donors (Lipinski definition) is 3. The van der Waals surface area contributed by atoms with Crippen molar-refractivity contribution in [3.05, 3.63) is 40.6 Å². The molecule has 0 radical (unpaired) electrons. The van der Waals surface area contributed by atoms with Crippen LogP contribution in [0, 0.1) is 0 Å². The summed E-state index contributed by atoms with van der Waals surface area (Å²) < 4.78 is 1.13. The predicted octanol–water partition coefficient (Wildman–Crippen LogP) is 2.79. The van der Waals surface area contributed by atoms with Crippen molar-refractivity contribution < 1.29 is 0 Å². The summed E-state index contributed by atoms with van der Waals surface area (Å²) in [6, 6.07) is 6.51. The lowest BCUT2D eigenvalue weighted by atomic mass is 9.97. The van der Waals surface area contributed by atoms with Crippen LogP contribution < -0.4 is 21.9 Å². The van der Waals surface area contributed by atoms with Crippen LogP contribution in [0.5, 0.6) is 0 Å². The molecule has 2 aliphatic rings. The number of nitrogens with zero attached hydrogens (tertiary/aromatic N) is 3. The third-order valence-electron chi connectivity index (χ3n) is 5.17. The van der Waals surface area contributed by atoms with Crippen LogP contribution in [0.15, 0.2) is 35.1 Å². The summed E-state index contributed by atoms with van der Waals surface area (Å²) in [6.45, 7) is 4.17. The molecule has 0 spiro atoms. The molecule has 4 rings (SSSR count). The second kappa shape index (κ2) is 9.41. The highest BCUT2D eigenvalue weighted by atomic mass is 79.9. The molecule has 1 saturated heterocycles. The third kappa shape index (κ3) is 4.40. The smallest absolute Gasteiger partial charge is 0.0889 e. The monoisotopic (exact) mass is 418 g/mol. The van der Waals surface area contributed by atoms with Gasteiger partial charge in [0.15, 0.2) is 0 Å². The number of rotatable bonds is 3. The lowest BCUT2D eigenvalue weighted by Gasteiger charge is -2.29. The van der Waals surface area contributed by atoms with E-state index >= 15 is 0 Å². The van der Waals surface area contributed by atoms with Crippen LogP contribution >= 0.6 is 15.9 Å². The lowest BCUT2D eigenvalue weighted by Crippen LogP contribution is -2.43. The number of hydrogen-bond acceptors (Lipinski definition) is 6. The molecule has 0 amide bonds. The van der Waals surface area contributed by atoms with Crippen molar-refractivity contribution in [1.29, 1.82) is 0 Å². The maximum Gasteiger partial charge on any atom is 0.0889 e. The lowest BCUT2D eigenvalue weighted by molar-refractivity contribution is 0.589. The van der Waals surface area contributed by atoms with E-state index in [1.165, 1.54) is 36.9 Å². The van der Waals surface area contributed by atoms with Crippen molar-refractivity contribution in [1.82, 2.24) is 15.3 Å². The number of halogens is 1. The topological polar surface area (TPSA) is 93.1 Å². The molecule has 2 aromatic heterocycles. The van der Waals surface area contributed by atoms with Crippen LogP contribution in [0.25, 0.3) is 11.4 Å². The fourth-order valence-electron chi connectivity index (χ4n) is 3.79. The molecule has 2 fully saturated rings. The van der Waals surface area contributed by atoms with Gasteiger partial charge in [-0.2, -0.15) is 0 Å². The zero-order chi connectivity index (χ0) is 18.4. The van der Waals surface area contributed by atoms with E-state index in [0.29, 0.717) is 5.92 Å². The largest absolute Gasteiger partial charge is 0.368 e. The quantitative estimate of drug-likeness (QED) is 0.523. The highest BCUT2D eigenvalue weighted by Crippen LogP contribution is 2.38. The first-order valence-electron chi connectivity index (χ1n) is 9.22. The van der Waals surface area contributed by atoms with Gasteiger partial charge in [0.1, 0.15) is 0 Å². The number of nitrogens with two attached hydrogens (primary N) is 2. The van der Waals surface area contributed by atoms with Crippen LogP contribution in [-0.4, -0.2) is 36.1 Å². The molecule has 26 heavy (non-hydrogen) atoms. The Morgan fingerprint density at radius 3 is 2.35 bits per heavy atom. The number of piperazine rings is 1. The van der Waals surface area contributed by atoms with E-state index < -0.39 is 0 Å². The van der Waals surface area contributed by atoms with Gasteiger partial charge in [-0.15, -0.1) is 0 Å². The molecule has 0 atom stereocenters. The molecule has 1 aliphatic carbocycles. The summed E-state index contributed by atoms with van der Waals surface area (Å²) in [6.07, 6.45) is 9.18. The van der Waals surface area contributed by atoms with Gasteiger partial charge in [0, 0.05) is 36.8 Å². The first-order chi connectivity index (χ1) is 12.8. The maximum atomic E-state index is 4.68. The van der Waals surface area contributed by atoms with E-state index in [9.17, 15) is 0 Å². The minimum atomic E-state index is 0.668. The number of aromatic nitrogens is 2. The molecule has 1 saturated carbocycles. The zero-order valence-corrected chi connectivity index (χ0v) is 16.6. The van der Waals surface area contributed by atoms with Gasteiger partial charge in [0.2, 0.25) is 0 Å². The van der Waals surface area contributed by atoms with E-state index in [4.69, 9.17) is 0 Å². The fourth-order valence-corrected chi connectivity index (χ4v) is 4.33. The predicted molar refractivity (Wildman–Crippen MR) is 110 cm³/mol. The first kappa shape index (κ1) is 19.2. The Bertz CT molecular complexity index is 694. The van der Waals surface area contributed by atoms with Gasteiger partial charge in [-0.1, -0.05) is 12.8 Å². The second-order valence-corrected chi connectivity index (χ2v) is 7.57. The van der Waals surface area contributed by atoms with Gasteiger partial charge in [0.25, 0.3) is 0 Å². The standard InChI is InChI=1S/C19H23BrN4.H4N2/c20-17-13-23-19(11-16(17)14-3-1-2-4-14)18-6-5-15(12-22-18)24-9-7-21-8-10-24;1-2/h5-6,11-14,21H,1-4,7-10H2;1-2H2. The molecular weight excluding hydrogens is 392 g/mol. The molecule has 7 heteroatoms. The van der Waals surface area contributed by atoms with Crippen molar-refractivity contribution in [2.24, 2.45) is 11.7 Å². The summed E-state index contributed by atoms with van der Waals surface area (Å²) >= 11 is 3.68. The van der Waals surface area contributed by atoms with Gasteiger partial charge < -0.3 is 10.2 Å². The molecule has 0 aromatic carbocycles. The van der Waals surface area contributed by atoms with E-state index in [1.807, 2.05) is 12.4 Å². The number of anilines is 1. The van der Waals surface area contributed by atoms with Gasteiger partial charge in [-0.05, 0) is 58.5 Å². The zero-order valence-electron chi connectivity index (χ0n) is 15.0. The summed E-state index contributed by atoms with van der Waals surface area (Å²) in [5.41, 5.74) is 4.53. The molecule has 2 aromatic rings. The second-order valence-electron chi connectivity index (χ2n) is 6.71. The number of pyridine rings is 2. The average Bonchev–Trinajstić information content (AvgIpc) is 3.25.